The van der Waals surface area contributed by atoms with Crippen molar-refractivity contribution in [1.82, 2.24) is 5.32 Å². The van der Waals surface area contributed by atoms with Crippen molar-refractivity contribution in [3.8, 4) is 0 Å². The van der Waals surface area contributed by atoms with Crippen LogP contribution >= 0.6 is 23.2 Å². The summed E-state index contributed by atoms with van der Waals surface area (Å²) in [6.07, 6.45) is 0.976. The van der Waals surface area contributed by atoms with Crippen LogP contribution in [0.5, 0.6) is 0 Å². The lowest BCUT2D eigenvalue weighted by Gasteiger charge is -2.21. The molecule has 0 spiro atoms. The van der Waals surface area contributed by atoms with Gasteiger partial charge in [-0.05, 0) is 54.4 Å². The van der Waals surface area contributed by atoms with Gasteiger partial charge in [0.15, 0.2) is 0 Å². The van der Waals surface area contributed by atoms with Gasteiger partial charge in [-0.3, -0.25) is 0 Å². The lowest BCUT2D eigenvalue weighted by Crippen LogP contribution is -2.23. The van der Waals surface area contributed by atoms with Crippen molar-refractivity contribution in [2.45, 2.75) is 19.4 Å². The molecular formula is C16H16Cl2FN. The van der Waals surface area contributed by atoms with Crippen LogP contribution in [0.3, 0.4) is 0 Å². The van der Waals surface area contributed by atoms with Crippen LogP contribution in [0.25, 0.3) is 0 Å². The summed E-state index contributed by atoms with van der Waals surface area (Å²) in [5.74, 6) is -0.297. The highest BCUT2D eigenvalue weighted by atomic mass is 35.5. The maximum Gasteiger partial charge on any atom is 0.123 e. The third-order valence-electron chi connectivity index (χ3n) is 3.05. The Balaban J connectivity index is 2.44. The van der Waals surface area contributed by atoms with Gasteiger partial charge in [0.2, 0.25) is 0 Å². The topological polar surface area (TPSA) is 12.0 Å². The van der Waals surface area contributed by atoms with Crippen LogP contribution in [0.15, 0.2) is 42.5 Å². The predicted octanol–water partition coefficient (Wildman–Crippen LogP) is 5.22. The standard InChI is InChI=1S/C16H16Cl2FN/c1-2-8-20-16(11-4-3-5-12(17)9-11)14-10-13(19)6-7-15(14)18/h3-7,9-10,16,20H,2,8H2,1H3. The van der Waals surface area contributed by atoms with E-state index >= 15 is 0 Å². The Bertz CT molecular complexity index is 586. The van der Waals surface area contributed by atoms with Crippen molar-refractivity contribution in [2.75, 3.05) is 6.54 Å². The lowest BCUT2D eigenvalue weighted by atomic mass is 9.98. The normalized spacial score (nSPS) is 12.4. The van der Waals surface area contributed by atoms with Gasteiger partial charge < -0.3 is 5.32 Å². The fraction of sp³-hybridized carbons (Fsp3) is 0.250. The van der Waals surface area contributed by atoms with Gasteiger partial charge in [0.25, 0.3) is 0 Å². The predicted molar refractivity (Wildman–Crippen MR) is 83.0 cm³/mol. The Morgan fingerprint density at radius 3 is 2.65 bits per heavy atom. The first-order valence-corrected chi connectivity index (χ1v) is 7.31. The van der Waals surface area contributed by atoms with Crippen molar-refractivity contribution >= 4 is 23.2 Å². The van der Waals surface area contributed by atoms with E-state index in [0.717, 1.165) is 24.1 Å². The minimum atomic E-state index is -0.297. The molecule has 1 N–H and O–H groups in total. The van der Waals surface area contributed by atoms with Crippen LogP contribution in [-0.2, 0) is 0 Å². The first-order valence-electron chi connectivity index (χ1n) is 6.55. The van der Waals surface area contributed by atoms with Crippen LogP contribution in [0, 0.1) is 5.82 Å². The summed E-state index contributed by atoms with van der Waals surface area (Å²) < 4.78 is 13.5. The molecule has 0 saturated carbocycles. The largest absolute Gasteiger partial charge is 0.306 e. The van der Waals surface area contributed by atoms with E-state index in [9.17, 15) is 4.39 Å². The van der Waals surface area contributed by atoms with Gasteiger partial charge in [-0.25, -0.2) is 4.39 Å². The van der Waals surface area contributed by atoms with E-state index in [4.69, 9.17) is 23.2 Å². The first-order chi connectivity index (χ1) is 9.61. The highest BCUT2D eigenvalue weighted by Gasteiger charge is 2.17. The van der Waals surface area contributed by atoms with E-state index in [-0.39, 0.29) is 11.9 Å². The maximum absolute atomic E-state index is 13.5. The molecule has 1 unspecified atom stereocenters. The average Bonchev–Trinajstić information content (AvgIpc) is 2.43. The van der Waals surface area contributed by atoms with Crippen LogP contribution < -0.4 is 5.32 Å². The molecule has 2 rings (SSSR count). The highest BCUT2D eigenvalue weighted by Crippen LogP contribution is 2.30. The Morgan fingerprint density at radius 1 is 1.15 bits per heavy atom. The Kier molecular flexibility index (Phi) is 5.41. The SMILES string of the molecule is CCCNC(c1cccc(Cl)c1)c1cc(F)ccc1Cl. The molecule has 0 aliphatic rings. The number of hydrogen-bond acceptors (Lipinski definition) is 1. The van der Waals surface area contributed by atoms with E-state index in [1.54, 1.807) is 6.07 Å². The molecule has 4 heteroatoms. The van der Waals surface area contributed by atoms with E-state index < -0.39 is 0 Å². The van der Waals surface area contributed by atoms with Crippen LogP contribution in [0.1, 0.15) is 30.5 Å². The van der Waals surface area contributed by atoms with Gasteiger partial charge in [-0.1, -0.05) is 42.3 Å². The molecule has 1 atom stereocenters. The van der Waals surface area contributed by atoms with Crippen molar-refractivity contribution < 1.29 is 4.39 Å². The zero-order valence-electron chi connectivity index (χ0n) is 11.2. The molecule has 106 valence electrons. The number of benzene rings is 2. The Morgan fingerprint density at radius 2 is 1.95 bits per heavy atom. The third-order valence-corrected chi connectivity index (χ3v) is 3.63. The summed E-state index contributed by atoms with van der Waals surface area (Å²) in [6.45, 7) is 2.89. The summed E-state index contributed by atoms with van der Waals surface area (Å²) in [5.41, 5.74) is 1.70. The summed E-state index contributed by atoms with van der Waals surface area (Å²) in [5, 5.41) is 4.58. The van der Waals surface area contributed by atoms with Crippen LogP contribution in [0.4, 0.5) is 4.39 Å². The van der Waals surface area contributed by atoms with Crippen LogP contribution in [0.2, 0.25) is 10.0 Å². The zero-order chi connectivity index (χ0) is 14.5. The molecule has 1 nitrogen and oxygen atoms in total. The van der Waals surface area contributed by atoms with Crippen molar-refractivity contribution in [1.29, 1.82) is 0 Å². The van der Waals surface area contributed by atoms with Gasteiger partial charge in [-0.2, -0.15) is 0 Å². The van der Waals surface area contributed by atoms with Crippen molar-refractivity contribution in [3.05, 3.63) is 69.5 Å². The molecule has 0 aliphatic heterocycles. The molecule has 0 bridgehead atoms. The van der Waals surface area contributed by atoms with Gasteiger partial charge in [0, 0.05) is 10.0 Å². The molecule has 2 aromatic rings. The van der Waals surface area contributed by atoms with Gasteiger partial charge >= 0.3 is 0 Å². The van der Waals surface area contributed by atoms with Crippen molar-refractivity contribution in [3.63, 3.8) is 0 Å². The molecular weight excluding hydrogens is 296 g/mol. The first kappa shape index (κ1) is 15.3. The van der Waals surface area contributed by atoms with Gasteiger partial charge in [0.05, 0.1) is 6.04 Å². The second-order valence-electron chi connectivity index (χ2n) is 4.61. The molecule has 0 radical (unpaired) electrons. The molecule has 0 heterocycles. The summed E-state index contributed by atoms with van der Waals surface area (Å²) >= 11 is 12.3. The van der Waals surface area contributed by atoms with E-state index in [1.807, 2.05) is 24.3 Å². The number of rotatable bonds is 5. The third kappa shape index (κ3) is 3.72. The highest BCUT2D eigenvalue weighted by molar-refractivity contribution is 6.31. The van der Waals surface area contributed by atoms with E-state index in [2.05, 4.69) is 12.2 Å². The number of nitrogens with one attached hydrogen (secondary N) is 1. The molecule has 0 aliphatic carbocycles. The molecule has 0 saturated heterocycles. The van der Waals surface area contributed by atoms with E-state index in [1.165, 1.54) is 12.1 Å². The molecule has 0 fully saturated rings. The summed E-state index contributed by atoms with van der Waals surface area (Å²) in [7, 11) is 0. The fourth-order valence-corrected chi connectivity index (χ4v) is 2.54. The Labute approximate surface area is 128 Å². The van der Waals surface area contributed by atoms with Crippen LogP contribution in [-0.4, -0.2) is 6.54 Å². The molecule has 0 aromatic heterocycles. The van der Waals surface area contributed by atoms with Gasteiger partial charge in [0.1, 0.15) is 5.82 Å². The zero-order valence-corrected chi connectivity index (χ0v) is 12.7. The summed E-state index contributed by atoms with van der Waals surface area (Å²) in [4.78, 5) is 0. The minimum absolute atomic E-state index is 0.170. The molecule has 0 amide bonds. The second-order valence-corrected chi connectivity index (χ2v) is 5.45. The van der Waals surface area contributed by atoms with E-state index in [0.29, 0.717) is 10.0 Å². The fourth-order valence-electron chi connectivity index (χ4n) is 2.12. The maximum atomic E-state index is 13.5. The van der Waals surface area contributed by atoms with Gasteiger partial charge in [-0.15, -0.1) is 0 Å². The Hall–Kier alpha value is -1.09. The minimum Gasteiger partial charge on any atom is -0.306 e. The smallest absolute Gasteiger partial charge is 0.123 e. The monoisotopic (exact) mass is 311 g/mol. The number of halogens is 3. The molecule has 20 heavy (non-hydrogen) atoms. The quantitative estimate of drug-likeness (QED) is 0.798. The second kappa shape index (κ2) is 7.07. The lowest BCUT2D eigenvalue weighted by molar-refractivity contribution is 0.586. The summed E-state index contributed by atoms with van der Waals surface area (Å²) in [6, 6.07) is 11.8. The number of hydrogen-bond donors (Lipinski definition) is 1. The molecule has 2 aromatic carbocycles. The average molecular weight is 312 g/mol. The van der Waals surface area contributed by atoms with Crippen molar-refractivity contribution in [2.24, 2.45) is 0 Å².